The highest BCUT2D eigenvalue weighted by Gasteiger charge is 2.04. The Bertz CT molecular complexity index is 532. The molecule has 17 heavy (non-hydrogen) atoms. The Morgan fingerprint density at radius 3 is 2.47 bits per heavy atom. The number of ether oxygens (including phenoxy) is 1. The lowest BCUT2D eigenvalue weighted by Crippen LogP contribution is -1.99. The van der Waals surface area contributed by atoms with Crippen LogP contribution in [-0.4, -0.2) is 9.97 Å². The van der Waals surface area contributed by atoms with E-state index in [4.69, 9.17) is 10.5 Å². The lowest BCUT2D eigenvalue weighted by Gasteiger charge is -2.09. The van der Waals surface area contributed by atoms with Gasteiger partial charge in [0.05, 0.1) is 0 Å². The summed E-state index contributed by atoms with van der Waals surface area (Å²) >= 11 is 0. The zero-order valence-corrected chi connectivity index (χ0v) is 10.2. The zero-order valence-electron chi connectivity index (χ0n) is 10.2. The van der Waals surface area contributed by atoms with Gasteiger partial charge in [-0.2, -0.15) is 4.98 Å². The molecule has 4 heteroatoms. The number of nitrogens with two attached hydrogens (primary N) is 1. The van der Waals surface area contributed by atoms with Crippen LogP contribution in [0, 0.1) is 20.8 Å². The molecule has 0 spiro atoms. The normalized spacial score (nSPS) is 10.3. The van der Waals surface area contributed by atoms with Crippen molar-refractivity contribution in [1.82, 2.24) is 9.97 Å². The van der Waals surface area contributed by atoms with Crippen LogP contribution in [0.5, 0.6) is 11.6 Å². The maximum Gasteiger partial charge on any atom is 0.224 e. The van der Waals surface area contributed by atoms with Gasteiger partial charge in [0.2, 0.25) is 11.8 Å². The van der Waals surface area contributed by atoms with Crippen LogP contribution in [0.3, 0.4) is 0 Å². The maximum atomic E-state index is 5.69. The van der Waals surface area contributed by atoms with Gasteiger partial charge >= 0.3 is 0 Å². The van der Waals surface area contributed by atoms with Crippen LogP contribution in [0.25, 0.3) is 0 Å². The molecule has 4 nitrogen and oxygen atoms in total. The van der Waals surface area contributed by atoms with Crippen LogP contribution in [0.4, 0.5) is 5.95 Å². The molecular weight excluding hydrogens is 214 g/mol. The average Bonchev–Trinajstić information content (AvgIpc) is 2.21. The average molecular weight is 229 g/mol. The highest BCUT2D eigenvalue weighted by Crippen LogP contribution is 2.24. The van der Waals surface area contributed by atoms with E-state index in [0.717, 1.165) is 17.0 Å². The maximum absolute atomic E-state index is 5.69. The van der Waals surface area contributed by atoms with E-state index in [1.165, 1.54) is 5.56 Å². The van der Waals surface area contributed by atoms with Gasteiger partial charge in [0.15, 0.2) is 0 Å². The molecule has 0 unspecified atom stereocenters. The summed E-state index contributed by atoms with van der Waals surface area (Å²) in [4.78, 5) is 8.04. The summed E-state index contributed by atoms with van der Waals surface area (Å²) in [6.45, 7) is 5.90. The number of aryl methyl sites for hydroxylation is 3. The Labute approximate surface area is 100 Å². The fraction of sp³-hybridized carbons (Fsp3) is 0.231. The second kappa shape index (κ2) is 4.41. The standard InChI is InChI=1S/C13H15N3O/c1-8-4-5-11(9(2)6-8)17-12-7-10(3)15-13(14)16-12/h4-7H,1-3H3,(H2,14,15,16). The molecule has 1 aromatic heterocycles. The molecule has 1 heterocycles. The molecule has 0 bridgehead atoms. The summed E-state index contributed by atoms with van der Waals surface area (Å²) in [7, 11) is 0. The molecule has 1 aromatic carbocycles. The first-order valence-corrected chi connectivity index (χ1v) is 5.41. The third-order valence-electron chi connectivity index (χ3n) is 2.39. The number of nitrogens with zero attached hydrogens (tertiary/aromatic N) is 2. The van der Waals surface area contributed by atoms with Crippen molar-refractivity contribution >= 4 is 5.95 Å². The fourth-order valence-electron chi connectivity index (χ4n) is 1.64. The van der Waals surface area contributed by atoms with Crippen molar-refractivity contribution in [3.63, 3.8) is 0 Å². The topological polar surface area (TPSA) is 61.0 Å². The van der Waals surface area contributed by atoms with E-state index in [9.17, 15) is 0 Å². The Balaban J connectivity index is 2.31. The zero-order chi connectivity index (χ0) is 12.4. The molecule has 0 aliphatic carbocycles. The third kappa shape index (κ3) is 2.72. The van der Waals surface area contributed by atoms with E-state index in [1.807, 2.05) is 32.9 Å². The van der Waals surface area contributed by atoms with Gasteiger partial charge in [-0.3, -0.25) is 0 Å². The van der Waals surface area contributed by atoms with E-state index in [2.05, 4.69) is 16.0 Å². The van der Waals surface area contributed by atoms with Crippen LogP contribution in [-0.2, 0) is 0 Å². The van der Waals surface area contributed by atoms with E-state index < -0.39 is 0 Å². The minimum absolute atomic E-state index is 0.227. The van der Waals surface area contributed by atoms with E-state index in [-0.39, 0.29) is 5.95 Å². The summed E-state index contributed by atoms with van der Waals surface area (Å²) in [6.07, 6.45) is 0. The first kappa shape index (κ1) is 11.4. The van der Waals surface area contributed by atoms with Crippen molar-refractivity contribution in [2.45, 2.75) is 20.8 Å². The molecule has 0 saturated heterocycles. The van der Waals surface area contributed by atoms with Crippen LogP contribution >= 0.6 is 0 Å². The van der Waals surface area contributed by atoms with Crippen molar-refractivity contribution in [3.05, 3.63) is 41.1 Å². The highest BCUT2D eigenvalue weighted by molar-refractivity contribution is 5.38. The van der Waals surface area contributed by atoms with Crippen LogP contribution in [0.15, 0.2) is 24.3 Å². The Kier molecular flexibility index (Phi) is 2.95. The molecule has 2 aromatic rings. The van der Waals surface area contributed by atoms with Crippen molar-refractivity contribution in [3.8, 4) is 11.6 Å². The van der Waals surface area contributed by atoms with Gasteiger partial charge in [-0.15, -0.1) is 0 Å². The van der Waals surface area contributed by atoms with Crippen molar-refractivity contribution in [2.75, 3.05) is 5.73 Å². The minimum Gasteiger partial charge on any atom is -0.439 e. The predicted molar refractivity (Wildman–Crippen MR) is 67.2 cm³/mol. The first-order chi connectivity index (χ1) is 8.04. The van der Waals surface area contributed by atoms with Gasteiger partial charge in [0.25, 0.3) is 0 Å². The number of nitrogen functional groups attached to an aromatic ring is 1. The minimum atomic E-state index is 0.227. The molecule has 2 rings (SSSR count). The third-order valence-corrected chi connectivity index (χ3v) is 2.39. The van der Waals surface area contributed by atoms with Gasteiger partial charge in [-0.1, -0.05) is 17.7 Å². The fourth-order valence-corrected chi connectivity index (χ4v) is 1.64. The largest absolute Gasteiger partial charge is 0.439 e. The van der Waals surface area contributed by atoms with E-state index in [1.54, 1.807) is 6.07 Å². The summed E-state index contributed by atoms with van der Waals surface area (Å²) in [5.41, 5.74) is 8.63. The molecule has 2 N–H and O–H groups in total. The molecule has 88 valence electrons. The van der Waals surface area contributed by atoms with Gasteiger partial charge < -0.3 is 10.5 Å². The molecule has 0 aliphatic rings. The summed E-state index contributed by atoms with van der Waals surface area (Å²) < 4.78 is 5.69. The smallest absolute Gasteiger partial charge is 0.224 e. The van der Waals surface area contributed by atoms with Gasteiger partial charge in [-0.25, -0.2) is 4.98 Å². The van der Waals surface area contributed by atoms with Crippen LogP contribution < -0.4 is 10.5 Å². The van der Waals surface area contributed by atoms with Gasteiger partial charge in [0.1, 0.15) is 5.75 Å². The first-order valence-electron chi connectivity index (χ1n) is 5.41. The van der Waals surface area contributed by atoms with Crippen molar-refractivity contribution in [2.24, 2.45) is 0 Å². The van der Waals surface area contributed by atoms with Crippen molar-refractivity contribution in [1.29, 1.82) is 0 Å². The van der Waals surface area contributed by atoms with Crippen LogP contribution in [0.2, 0.25) is 0 Å². The Morgan fingerprint density at radius 1 is 1.06 bits per heavy atom. The molecule has 0 saturated carbocycles. The quantitative estimate of drug-likeness (QED) is 0.860. The molecule has 0 radical (unpaired) electrons. The highest BCUT2D eigenvalue weighted by atomic mass is 16.5. The number of benzene rings is 1. The lowest BCUT2D eigenvalue weighted by molar-refractivity contribution is 0.458. The predicted octanol–water partition coefficient (Wildman–Crippen LogP) is 2.78. The van der Waals surface area contributed by atoms with Gasteiger partial charge in [0, 0.05) is 11.8 Å². The second-order valence-corrected chi connectivity index (χ2v) is 4.08. The second-order valence-electron chi connectivity index (χ2n) is 4.08. The number of aromatic nitrogens is 2. The summed E-state index contributed by atoms with van der Waals surface area (Å²) in [6, 6.07) is 7.75. The monoisotopic (exact) mass is 229 g/mol. The van der Waals surface area contributed by atoms with Gasteiger partial charge in [-0.05, 0) is 32.4 Å². The molecule has 0 aliphatic heterocycles. The Hall–Kier alpha value is -2.10. The molecule has 0 amide bonds. The van der Waals surface area contributed by atoms with E-state index >= 15 is 0 Å². The Morgan fingerprint density at radius 2 is 1.82 bits per heavy atom. The molecular formula is C13H15N3O. The number of anilines is 1. The molecule has 0 atom stereocenters. The number of hydrogen-bond acceptors (Lipinski definition) is 4. The van der Waals surface area contributed by atoms with Crippen LogP contribution in [0.1, 0.15) is 16.8 Å². The summed E-state index contributed by atoms with van der Waals surface area (Å²) in [5.74, 6) is 1.49. The van der Waals surface area contributed by atoms with E-state index in [0.29, 0.717) is 5.88 Å². The molecule has 0 fully saturated rings. The SMILES string of the molecule is Cc1ccc(Oc2cc(C)nc(N)n2)c(C)c1. The number of hydrogen-bond donors (Lipinski definition) is 1. The lowest BCUT2D eigenvalue weighted by atomic mass is 10.1. The summed E-state index contributed by atoms with van der Waals surface area (Å²) in [5, 5.41) is 0. The number of rotatable bonds is 2. The van der Waals surface area contributed by atoms with Crippen molar-refractivity contribution < 1.29 is 4.74 Å².